The topological polar surface area (TPSA) is 76.4 Å². The van der Waals surface area contributed by atoms with Gasteiger partial charge >= 0.3 is 6.01 Å². The first-order chi connectivity index (χ1) is 14.9. The van der Waals surface area contributed by atoms with Crippen molar-refractivity contribution >= 4 is 11.6 Å². The molecule has 1 fully saturated rings. The number of carbonyl (C=O) groups is 1. The Kier molecular flexibility index (Phi) is 5.88. The van der Waals surface area contributed by atoms with Crippen molar-refractivity contribution in [3.63, 3.8) is 0 Å². The Morgan fingerprint density at radius 1 is 1.03 bits per heavy atom. The van der Waals surface area contributed by atoms with Gasteiger partial charge in [0.2, 0.25) is 5.91 Å². The van der Waals surface area contributed by atoms with Crippen molar-refractivity contribution in [2.45, 2.75) is 27.3 Å². The maximum Gasteiger partial charge on any atom is 0.316 e. The molecule has 162 valence electrons. The number of hydrogen-bond acceptors (Lipinski definition) is 6. The fraction of sp³-hybridized carbons (Fsp3) is 0.391. The van der Waals surface area contributed by atoms with Crippen LogP contribution in [0.5, 0.6) is 6.01 Å². The molecule has 3 heterocycles. The Morgan fingerprint density at radius 2 is 1.74 bits per heavy atom. The average molecular weight is 421 g/mol. The van der Waals surface area contributed by atoms with E-state index in [0.29, 0.717) is 25.6 Å². The maximum absolute atomic E-state index is 12.8. The summed E-state index contributed by atoms with van der Waals surface area (Å²) in [5, 5.41) is 4.41. The van der Waals surface area contributed by atoms with Gasteiger partial charge in [0.1, 0.15) is 6.54 Å². The molecule has 4 rings (SSSR count). The lowest BCUT2D eigenvalue weighted by molar-refractivity contribution is -0.132. The number of rotatable bonds is 5. The lowest BCUT2D eigenvalue weighted by Gasteiger charge is -2.37. The molecule has 0 aliphatic carbocycles. The van der Waals surface area contributed by atoms with Crippen molar-refractivity contribution in [3.8, 4) is 17.1 Å². The van der Waals surface area contributed by atoms with Gasteiger partial charge in [-0.3, -0.25) is 9.48 Å². The summed E-state index contributed by atoms with van der Waals surface area (Å²) in [7, 11) is 1.56. The van der Waals surface area contributed by atoms with Crippen LogP contribution in [0.15, 0.2) is 36.7 Å². The number of anilines is 1. The van der Waals surface area contributed by atoms with Gasteiger partial charge in [-0.2, -0.15) is 5.10 Å². The van der Waals surface area contributed by atoms with Crippen molar-refractivity contribution in [2.24, 2.45) is 0 Å². The van der Waals surface area contributed by atoms with Gasteiger partial charge < -0.3 is 14.5 Å². The Bertz CT molecular complexity index is 1070. The number of hydrogen-bond donors (Lipinski definition) is 0. The number of aryl methyl sites for hydroxylation is 3. The van der Waals surface area contributed by atoms with Gasteiger partial charge in [0.25, 0.3) is 0 Å². The van der Waals surface area contributed by atoms with E-state index in [2.05, 4.69) is 45.1 Å². The Labute approximate surface area is 182 Å². The van der Waals surface area contributed by atoms with E-state index in [1.54, 1.807) is 24.2 Å². The van der Waals surface area contributed by atoms with E-state index in [4.69, 9.17) is 4.74 Å². The van der Waals surface area contributed by atoms with Crippen LogP contribution < -0.4 is 9.64 Å². The van der Waals surface area contributed by atoms with Gasteiger partial charge in [-0.15, -0.1) is 0 Å². The van der Waals surface area contributed by atoms with Gasteiger partial charge in [-0.25, -0.2) is 9.97 Å². The highest BCUT2D eigenvalue weighted by Gasteiger charge is 2.24. The van der Waals surface area contributed by atoms with E-state index in [1.807, 2.05) is 24.8 Å². The number of nitrogens with zero attached hydrogens (tertiary/aromatic N) is 6. The molecule has 0 bridgehead atoms. The third kappa shape index (κ3) is 4.52. The second-order valence-corrected chi connectivity index (χ2v) is 7.93. The van der Waals surface area contributed by atoms with E-state index < -0.39 is 0 Å². The Hall–Kier alpha value is -3.42. The normalized spacial score (nSPS) is 14.1. The van der Waals surface area contributed by atoms with Crippen LogP contribution in [0.4, 0.5) is 5.69 Å². The summed E-state index contributed by atoms with van der Waals surface area (Å²) in [6.45, 7) is 9.21. The van der Waals surface area contributed by atoms with Crippen molar-refractivity contribution in [2.75, 3.05) is 38.2 Å². The molecule has 0 radical (unpaired) electrons. The molecule has 0 spiro atoms. The molecule has 1 saturated heterocycles. The third-order valence-corrected chi connectivity index (χ3v) is 5.64. The predicted octanol–water partition coefficient (Wildman–Crippen LogP) is 2.62. The van der Waals surface area contributed by atoms with E-state index in [0.717, 1.165) is 41.3 Å². The summed E-state index contributed by atoms with van der Waals surface area (Å²) in [6, 6.07) is 8.76. The zero-order valence-electron chi connectivity index (χ0n) is 18.5. The summed E-state index contributed by atoms with van der Waals surface area (Å²) < 4.78 is 6.87. The smallest absolute Gasteiger partial charge is 0.316 e. The van der Waals surface area contributed by atoms with Crippen LogP contribution >= 0.6 is 0 Å². The Balaban J connectivity index is 1.47. The number of benzene rings is 1. The molecular formula is C23H28N6O2. The van der Waals surface area contributed by atoms with Crippen LogP contribution in [-0.2, 0) is 11.3 Å². The first-order valence-corrected chi connectivity index (χ1v) is 10.5. The molecule has 1 aromatic carbocycles. The molecule has 1 amide bonds. The van der Waals surface area contributed by atoms with Crippen LogP contribution in [-0.4, -0.2) is 63.8 Å². The summed E-state index contributed by atoms with van der Waals surface area (Å²) >= 11 is 0. The number of carbonyl (C=O) groups excluding carboxylic acids is 1. The second-order valence-electron chi connectivity index (χ2n) is 7.93. The number of methoxy groups -OCH3 is 1. The van der Waals surface area contributed by atoms with E-state index >= 15 is 0 Å². The molecule has 2 aromatic heterocycles. The summed E-state index contributed by atoms with van der Waals surface area (Å²) in [4.78, 5) is 25.6. The lowest BCUT2D eigenvalue weighted by Crippen LogP contribution is -2.49. The lowest BCUT2D eigenvalue weighted by atomic mass is 10.0. The van der Waals surface area contributed by atoms with Crippen LogP contribution in [0.3, 0.4) is 0 Å². The predicted molar refractivity (Wildman–Crippen MR) is 119 cm³/mol. The summed E-state index contributed by atoms with van der Waals surface area (Å²) in [5.74, 6) is 0.110. The molecule has 0 unspecified atom stereocenters. The van der Waals surface area contributed by atoms with E-state index in [1.165, 1.54) is 5.56 Å². The molecule has 31 heavy (non-hydrogen) atoms. The fourth-order valence-electron chi connectivity index (χ4n) is 3.98. The SMILES string of the molecule is COc1ncc(-c2cc(C)ccc2N2CCN(C(=O)Cn3nc(C)cc3C)CC2)cn1. The molecule has 0 N–H and O–H groups in total. The second kappa shape index (κ2) is 8.75. The minimum atomic E-state index is 0.110. The van der Waals surface area contributed by atoms with Crippen molar-refractivity contribution in [1.29, 1.82) is 0 Å². The average Bonchev–Trinajstić information content (AvgIpc) is 3.10. The molecule has 0 saturated carbocycles. The van der Waals surface area contributed by atoms with Crippen molar-refractivity contribution in [1.82, 2.24) is 24.6 Å². The molecule has 8 heteroatoms. The van der Waals surface area contributed by atoms with Crippen LogP contribution in [0.2, 0.25) is 0 Å². The van der Waals surface area contributed by atoms with Crippen LogP contribution in [0.1, 0.15) is 17.0 Å². The summed E-state index contributed by atoms with van der Waals surface area (Å²) in [5.41, 5.74) is 6.28. The summed E-state index contributed by atoms with van der Waals surface area (Å²) in [6.07, 6.45) is 3.58. The van der Waals surface area contributed by atoms with Crippen molar-refractivity contribution in [3.05, 3.63) is 53.6 Å². The number of ether oxygens (including phenoxy) is 1. The first-order valence-electron chi connectivity index (χ1n) is 10.5. The molecule has 3 aromatic rings. The highest BCUT2D eigenvalue weighted by atomic mass is 16.5. The number of piperazine rings is 1. The quantitative estimate of drug-likeness (QED) is 0.632. The zero-order valence-corrected chi connectivity index (χ0v) is 18.5. The molecule has 0 atom stereocenters. The van der Waals surface area contributed by atoms with Crippen LogP contribution in [0.25, 0.3) is 11.1 Å². The van der Waals surface area contributed by atoms with Gasteiger partial charge in [0.15, 0.2) is 0 Å². The van der Waals surface area contributed by atoms with E-state index in [-0.39, 0.29) is 5.91 Å². The maximum atomic E-state index is 12.8. The Morgan fingerprint density at radius 3 is 2.35 bits per heavy atom. The molecule has 8 nitrogen and oxygen atoms in total. The minimum absolute atomic E-state index is 0.110. The van der Waals surface area contributed by atoms with Gasteiger partial charge in [0, 0.05) is 61.1 Å². The van der Waals surface area contributed by atoms with Crippen LogP contribution in [0, 0.1) is 20.8 Å². The van der Waals surface area contributed by atoms with E-state index in [9.17, 15) is 4.79 Å². The molecular weight excluding hydrogens is 392 g/mol. The molecule has 1 aliphatic rings. The molecule has 1 aliphatic heterocycles. The van der Waals surface area contributed by atoms with Gasteiger partial charge in [-0.05, 0) is 39.0 Å². The standard InChI is InChI=1S/C23H28N6O2/c1-16-5-6-21(20(11-16)19-13-24-23(31-4)25-14-19)27-7-9-28(10-8-27)22(30)15-29-18(3)12-17(2)26-29/h5-6,11-14H,7-10,15H2,1-4H3. The highest BCUT2D eigenvalue weighted by Crippen LogP contribution is 2.32. The third-order valence-electron chi connectivity index (χ3n) is 5.64. The fourth-order valence-corrected chi connectivity index (χ4v) is 3.98. The monoisotopic (exact) mass is 420 g/mol. The number of aromatic nitrogens is 4. The zero-order chi connectivity index (χ0) is 22.0. The van der Waals surface area contributed by atoms with Gasteiger partial charge in [0.05, 0.1) is 12.8 Å². The van der Waals surface area contributed by atoms with Gasteiger partial charge in [-0.1, -0.05) is 11.6 Å². The van der Waals surface area contributed by atoms with Crippen molar-refractivity contribution < 1.29 is 9.53 Å². The largest absolute Gasteiger partial charge is 0.467 e. The number of amides is 1. The highest BCUT2D eigenvalue weighted by molar-refractivity contribution is 5.80. The first kappa shape index (κ1) is 20.8. The minimum Gasteiger partial charge on any atom is -0.467 e.